The minimum absolute atomic E-state index is 0.0190. The molecule has 212 valence electrons. The van der Waals surface area contributed by atoms with Crippen molar-refractivity contribution in [1.29, 1.82) is 5.26 Å². The van der Waals surface area contributed by atoms with E-state index in [1.807, 2.05) is 38.1 Å². The van der Waals surface area contributed by atoms with Crippen molar-refractivity contribution in [3.8, 4) is 28.5 Å². The number of nitriles is 1. The van der Waals surface area contributed by atoms with Crippen LogP contribution in [0.2, 0.25) is 0 Å². The first kappa shape index (κ1) is 28.4. The first-order valence-corrected chi connectivity index (χ1v) is 13.6. The Bertz CT molecular complexity index is 1710. The molecule has 3 N–H and O–H groups in total. The Kier molecular flexibility index (Phi) is 7.93. The Morgan fingerprint density at radius 1 is 1.00 bits per heavy atom. The Labute approximate surface area is 243 Å². The summed E-state index contributed by atoms with van der Waals surface area (Å²) >= 11 is 0. The van der Waals surface area contributed by atoms with Crippen LogP contribution >= 0.6 is 0 Å². The molecule has 10 heteroatoms. The third-order valence-electron chi connectivity index (χ3n) is 6.90. The molecule has 1 fully saturated rings. The second-order valence-electron chi connectivity index (χ2n) is 11.1. The summed E-state index contributed by atoms with van der Waals surface area (Å²) in [6.07, 6.45) is 5.17. The molecule has 2 heterocycles. The second kappa shape index (κ2) is 11.7. The van der Waals surface area contributed by atoms with Gasteiger partial charge in [0.25, 0.3) is 0 Å². The molecule has 4 aromatic rings. The quantitative estimate of drug-likeness (QED) is 0.218. The number of hydrogen-bond acceptors (Lipinski definition) is 6. The lowest BCUT2D eigenvalue weighted by Gasteiger charge is -2.15. The minimum atomic E-state index is -0.615. The van der Waals surface area contributed by atoms with Crippen molar-refractivity contribution in [3.05, 3.63) is 84.2 Å². The van der Waals surface area contributed by atoms with Crippen molar-refractivity contribution in [2.45, 2.75) is 40.0 Å². The van der Waals surface area contributed by atoms with E-state index in [0.29, 0.717) is 34.9 Å². The van der Waals surface area contributed by atoms with Gasteiger partial charge in [-0.25, -0.2) is 19.2 Å². The van der Waals surface area contributed by atoms with Gasteiger partial charge in [-0.2, -0.15) is 5.26 Å². The fourth-order valence-corrected chi connectivity index (χ4v) is 4.51. The second-order valence-corrected chi connectivity index (χ2v) is 11.1. The molecule has 0 bridgehead atoms. The Morgan fingerprint density at radius 3 is 2.55 bits per heavy atom. The SMILES string of the molecule is Cc1cc(F)c(NC(=O)Nc2ccnc(CC(C)(C)C#N)c2)cc1-c1cccc(-c2cc(NC(=O)C3CC3)ncn2)c1. The maximum absolute atomic E-state index is 15.0. The molecule has 1 aliphatic carbocycles. The third-order valence-corrected chi connectivity index (χ3v) is 6.90. The van der Waals surface area contributed by atoms with E-state index in [9.17, 15) is 19.2 Å². The monoisotopic (exact) mass is 563 g/mol. The van der Waals surface area contributed by atoms with Crippen LogP contribution in [0.3, 0.4) is 0 Å². The molecule has 3 amide bonds. The van der Waals surface area contributed by atoms with Crippen LogP contribution < -0.4 is 16.0 Å². The summed E-state index contributed by atoms with van der Waals surface area (Å²) in [6.45, 7) is 5.43. The van der Waals surface area contributed by atoms with Gasteiger partial charge in [-0.3, -0.25) is 9.78 Å². The number of rotatable bonds is 8. The smallest absolute Gasteiger partial charge is 0.310 e. The standard InChI is InChI=1S/C32H30FN7O2/c1-19-11-26(33)28(39-31(42)38-23-9-10-35-24(13-23)16-32(2,3)17-34)14-25(19)21-5-4-6-22(12-21)27-15-29(37-18-36-27)40-30(41)20-7-8-20/h4-6,9-15,18,20H,7-8,16H2,1-3H3,(H2,35,38,39,42)(H,36,37,40,41). The lowest BCUT2D eigenvalue weighted by molar-refractivity contribution is -0.117. The summed E-state index contributed by atoms with van der Waals surface area (Å²) in [4.78, 5) is 37.8. The number of aryl methyl sites for hydroxylation is 1. The van der Waals surface area contributed by atoms with Crippen LogP contribution in [0, 0.1) is 35.4 Å². The average Bonchev–Trinajstić information content (AvgIpc) is 3.81. The third kappa shape index (κ3) is 6.93. The maximum atomic E-state index is 15.0. The summed E-state index contributed by atoms with van der Waals surface area (Å²) in [5.41, 5.74) is 4.19. The van der Waals surface area contributed by atoms with Crippen molar-refractivity contribution in [3.63, 3.8) is 0 Å². The molecule has 0 unspecified atom stereocenters. The van der Waals surface area contributed by atoms with Crippen LogP contribution in [-0.4, -0.2) is 26.9 Å². The molecule has 1 saturated carbocycles. The molecule has 0 spiro atoms. The predicted octanol–water partition coefficient (Wildman–Crippen LogP) is 6.74. The van der Waals surface area contributed by atoms with Gasteiger partial charge in [0.1, 0.15) is 18.0 Å². The van der Waals surface area contributed by atoms with Gasteiger partial charge in [0, 0.05) is 41.5 Å². The van der Waals surface area contributed by atoms with E-state index in [4.69, 9.17) is 0 Å². The number of nitrogens with zero attached hydrogens (tertiary/aromatic N) is 4. The summed E-state index contributed by atoms with van der Waals surface area (Å²) < 4.78 is 15.0. The molecule has 5 rings (SSSR count). The summed E-state index contributed by atoms with van der Waals surface area (Å²) in [5.74, 6) is -0.109. The van der Waals surface area contributed by atoms with Gasteiger partial charge in [0.15, 0.2) is 0 Å². The van der Waals surface area contributed by atoms with E-state index in [1.54, 1.807) is 37.4 Å². The molecule has 1 aliphatic rings. The lowest BCUT2D eigenvalue weighted by atomic mass is 9.89. The van der Waals surface area contributed by atoms with Gasteiger partial charge < -0.3 is 16.0 Å². The molecule has 42 heavy (non-hydrogen) atoms. The largest absolute Gasteiger partial charge is 0.323 e. The summed E-state index contributed by atoms with van der Waals surface area (Å²) in [7, 11) is 0. The predicted molar refractivity (Wildman–Crippen MR) is 159 cm³/mol. The molecule has 0 radical (unpaired) electrons. The number of hydrogen-bond donors (Lipinski definition) is 3. The van der Waals surface area contributed by atoms with Gasteiger partial charge >= 0.3 is 6.03 Å². The number of carbonyl (C=O) groups is 2. The highest BCUT2D eigenvalue weighted by Gasteiger charge is 2.29. The molecule has 2 aromatic carbocycles. The highest BCUT2D eigenvalue weighted by Crippen LogP contribution is 2.33. The van der Waals surface area contributed by atoms with E-state index in [2.05, 4.69) is 37.0 Å². The van der Waals surface area contributed by atoms with Gasteiger partial charge in [-0.05, 0) is 80.6 Å². The molecular weight excluding hydrogens is 533 g/mol. The van der Waals surface area contributed by atoms with Crippen molar-refractivity contribution in [2.75, 3.05) is 16.0 Å². The number of carbonyl (C=O) groups excluding carboxylic acids is 2. The average molecular weight is 564 g/mol. The number of anilines is 3. The number of urea groups is 1. The summed E-state index contributed by atoms with van der Waals surface area (Å²) in [6, 6.07) is 17.2. The Morgan fingerprint density at radius 2 is 1.79 bits per heavy atom. The maximum Gasteiger partial charge on any atom is 0.323 e. The zero-order valence-electron chi connectivity index (χ0n) is 23.5. The number of amides is 3. The van der Waals surface area contributed by atoms with E-state index in [0.717, 1.165) is 29.5 Å². The first-order valence-electron chi connectivity index (χ1n) is 13.6. The van der Waals surface area contributed by atoms with E-state index in [1.165, 1.54) is 12.4 Å². The van der Waals surface area contributed by atoms with Crippen LogP contribution in [0.25, 0.3) is 22.4 Å². The van der Waals surface area contributed by atoms with Crippen LogP contribution in [-0.2, 0) is 11.2 Å². The fourth-order valence-electron chi connectivity index (χ4n) is 4.51. The van der Waals surface area contributed by atoms with Crippen molar-refractivity contribution >= 4 is 29.1 Å². The van der Waals surface area contributed by atoms with Crippen molar-refractivity contribution in [1.82, 2.24) is 15.0 Å². The van der Waals surface area contributed by atoms with Gasteiger partial charge in [0.2, 0.25) is 5.91 Å². The van der Waals surface area contributed by atoms with Crippen LogP contribution in [0.1, 0.15) is 37.9 Å². The molecular formula is C32H30FN7O2. The van der Waals surface area contributed by atoms with E-state index >= 15 is 0 Å². The lowest BCUT2D eigenvalue weighted by Crippen LogP contribution is -2.20. The highest BCUT2D eigenvalue weighted by molar-refractivity contribution is 6.00. The number of pyridine rings is 1. The van der Waals surface area contributed by atoms with Crippen molar-refractivity contribution < 1.29 is 14.0 Å². The number of nitrogens with one attached hydrogen (secondary N) is 3. The molecule has 2 aromatic heterocycles. The normalized spacial score (nSPS) is 12.7. The highest BCUT2D eigenvalue weighted by atomic mass is 19.1. The molecule has 0 saturated heterocycles. The first-order chi connectivity index (χ1) is 20.1. The number of aromatic nitrogens is 3. The van der Waals surface area contributed by atoms with Crippen molar-refractivity contribution in [2.24, 2.45) is 11.3 Å². The van der Waals surface area contributed by atoms with E-state index < -0.39 is 17.3 Å². The van der Waals surface area contributed by atoms with Crippen LogP contribution in [0.15, 0.2) is 67.1 Å². The zero-order chi connectivity index (χ0) is 29.9. The molecule has 9 nitrogen and oxygen atoms in total. The van der Waals surface area contributed by atoms with Gasteiger partial charge in [0.05, 0.1) is 22.9 Å². The van der Waals surface area contributed by atoms with Gasteiger partial charge in [-0.1, -0.05) is 18.2 Å². The van der Waals surface area contributed by atoms with E-state index in [-0.39, 0.29) is 17.5 Å². The van der Waals surface area contributed by atoms with Gasteiger partial charge in [-0.15, -0.1) is 0 Å². The number of benzene rings is 2. The zero-order valence-corrected chi connectivity index (χ0v) is 23.5. The van der Waals surface area contributed by atoms with Crippen LogP contribution in [0.4, 0.5) is 26.4 Å². The number of halogens is 1. The fraction of sp³-hybridized carbons (Fsp3) is 0.250. The molecule has 0 aliphatic heterocycles. The Balaban J connectivity index is 1.34. The van der Waals surface area contributed by atoms with Crippen LogP contribution in [0.5, 0.6) is 0 Å². The summed E-state index contributed by atoms with van der Waals surface area (Å²) in [5, 5.41) is 17.5. The molecule has 0 atom stereocenters. The minimum Gasteiger partial charge on any atom is -0.310 e. The topological polar surface area (TPSA) is 133 Å². The Hall–Kier alpha value is -5.17.